The fourth-order valence-electron chi connectivity index (χ4n) is 2.26. The zero-order valence-corrected chi connectivity index (χ0v) is 12.1. The first-order chi connectivity index (χ1) is 9.58. The zero-order valence-electron chi connectivity index (χ0n) is 10.5. The maximum atomic E-state index is 14.0. The van der Waals surface area contributed by atoms with E-state index in [1.165, 1.54) is 23.5 Å². The van der Waals surface area contributed by atoms with Crippen LogP contribution in [0.4, 0.5) is 15.3 Å². The van der Waals surface area contributed by atoms with Crippen molar-refractivity contribution < 1.29 is 9.18 Å². The van der Waals surface area contributed by atoms with Gasteiger partial charge >= 0.3 is 0 Å². The van der Waals surface area contributed by atoms with Gasteiger partial charge in [0.15, 0.2) is 5.13 Å². The van der Waals surface area contributed by atoms with E-state index in [0.717, 1.165) is 4.88 Å². The number of benzene rings is 1. The van der Waals surface area contributed by atoms with Gasteiger partial charge in [0.2, 0.25) is 5.91 Å². The molecule has 1 aliphatic heterocycles. The van der Waals surface area contributed by atoms with E-state index < -0.39 is 0 Å². The van der Waals surface area contributed by atoms with Gasteiger partial charge in [-0.2, -0.15) is 0 Å². The number of halogens is 2. The number of fused-ring (bicyclic) bond motifs is 1. The lowest BCUT2D eigenvalue weighted by molar-refractivity contribution is -0.116. The van der Waals surface area contributed by atoms with Crippen molar-refractivity contribution in [2.45, 2.75) is 12.3 Å². The van der Waals surface area contributed by atoms with E-state index in [-0.39, 0.29) is 24.1 Å². The molecule has 7 heteroatoms. The topological polar surface area (TPSA) is 54.0 Å². The van der Waals surface area contributed by atoms with Gasteiger partial charge in [-0.05, 0) is 23.8 Å². The summed E-state index contributed by atoms with van der Waals surface area (Å²) in [6.07, 6.45) is 0.190. The van der Waals surface area contributed by atoms with Crippen LogP contribution in [-0.2, 0) is 4.79 Å². The van der Waals surface area contributed by atoms with Gasteiger partial charge in [-0.1, -0.05) is 22.9 Å². The number of amides is 1. The van der Waals surface area contributed by atoms with Crippen molar-refractivity contribution in [2.75, 3.05) is 17.7 Å². The minimum Gasteiger partial charge on any atom is -0.365 e. The second-order valence-corrected chi connectivity index (χ2v) is 5.92. The summed E-state index contributed by atoms with van der Waals surface area (Å²) in [5.41, 5.74) is 0.430. The second-order valence-electron chi connectivity index (χ2n) is 4.45. The molecule has 0 radical (unpaired) electrons. The molecule has 3 rings (SSSR count). The molecule has 20 heavy (non-hydrogen) atoms. The molecule has 1 aromatic heterocycles. The van der Waals surface area contributed by atoms with Gasteiger partial charge in [0.05, 0.1) is 4.88 Å². The molecule has 1 aliphatic rings. The van der Waals surface area contributed by atoms with Gasteiger partial charge in [-0.25, -0.2) is 9.37 Å². The Labute approximate surface area is 124 Å². The maximum absolute atomic E-state index is 14.0. The molecule has 0 saturated carbocycles. The summed E-state index contributed by atoms with van der Waals surface area (Å²) < 4.78 is 14.0. The molecule has 1 atom stereocenters. The van der Waals surface area contributed by atoms with Gasteiger partial charge in [-0.3, -0.25) is 4.79 Å². The monoisotopic (exact) mass is 311 g/mol. The van der Waals surface area contributed by atoms with Crippen LogP contribution < -0.4 is 10.6 Å². The highest BCUT2D eigenvalue weighted by Crippen LogP contribution is 2.43. The highest BCUT2D eigenvalue weighted by molar-refractivity contribution is 7.16. The van der Waals surface area contributed by atoms with E-state index in [0.29, 0.717) is 21.5 Å². The maximum Gasteiger partial charge on any atom is 0.226 e. The highest BCUT2D eigenvalue weighted by atomic mass is 35.5. The van der Waals surface area contributed by atoms with Crippen molar-refractivity contribution in [3.05, 3.63) is 39.5 Å². The molecular weight excluding hydrogens is 301 g/mol. The number of nitrogens with one attached hydrogen (secondary N) is 2. The van der Waals surface area contributed by atoms with Gasteiger partial charge in [0.25, 0.3) is 0 Å². The number of rotatable bonds is 2. The summed E-state index contributed by atoms with van der Waals surface area (Å²) in [5.74, 6) is -0.383. The average molecular weight is 312 g/mol. The predicted octanol–water partition coefficient (Wildman–Crippen LogP) is 3.45. The largest absolute Gasteiger partial charge is 0.365 e. The van der Waals surface area contributed by atoms with E-state index in [1.807, 2.05) is 0 Å². The second kappa shape index (κ2) is 5.03. The van der Waals surface area contributed by atoms with Crippen LogP contribution in [0.3, 0.4) is 0 Å². The van der Waals surface area contributed by atoms with Crippen LogP contribution >= 0.6 is 22.9 Å². The smallest absolute Gasteiger partial charge is 0.226 e. The Morgan fingerprint density at radius 1 is 1.55 bits per heavy atom. The number of thiazole rings is 1. The normalized spacial score (nSPS) is 17.6. The lowest BCUT2D eigenvalue weighted by Crippen LogP contribution is -2.23. The first-order valence-corrected chi connectivity index (χ1v) is 7.21. The lowest BCUT2D eigenvalue weighted by atomic mass is 9.91. The van der Waals surface area contributed by atoms with E-state index in [2.05, 4.69) is 15.6 Å². The zero-order chi connectivity index (χ0) is 14.3. The van der Waals surface area contributed by atoms with E-state index in [4.69, 9.17) is 11.6 Å². The Morgan fingerprint density at radius 3 is 3.10 bits per heavy atom. The molecule has 0 aliphatic carbocycles. The number of aromatic nitrogens is 1. The summed E-state index contributed by atoms with van der Waals surface area (Å²) in [7, 11) is 1.75. The molecular formula is C13H11ClFN3OS. The van der Waals surface area contributed by atoms with Crippen LogP contribution in [0.2, 0.25) is 5.02 Å². The van der Waals surface area contributed by atoms with Crippen LogP contribution in [0.25, 0.3) is 0 Å². The Hall–Kier alpha value is -1.66. The molecule has 104 valence electrons. The molecule has 0 spiro atoms. The molecule has 0 fully saturated rings. The molecule has 2 heterocycles. The molecule has 0 bridgehead atoms. The Kier molecular flexibility index (Phi) is 3.35. The number of hydrogen-bond donors (Lipinski definition) is 2. The number of carbonyl (C=O) groups excluding carboxylic acids is 1. The first-order valence-electron chi connectivity index (χ1n) is 6.01. The number of carbonyl (C=O) groups is 1. The minimum atomic E-state index is -0.362. The van der Waals surface area contributed by atoms with Crippen molar-refractivity contribution in [3.63, 3.8) is 0 Å². The van der Waals surface area contributed by atoms with Crippen LogP contribution in [0.5, 0.6) is 0 Å². The molecule has 0 saturated heterocycles. The number of nitrogens with zero attached hydrogens (tertiary/aromatic N) is 1. The molecule has 4 nitrogen and oxygen atoms in total. The van der Waals surface area contributed by atoms with Crippen molar-refractivity contribution in [1.29, 1.82) is 0 Å². The van der Waals surface area contributed by atoms with Gasteiger partial charge in [0, 0.05) is 24.4 Å². The van der Waals surface area contributed by atoms with Crippen LogP contribution in [0, 0.1) is 5.82 Å². The molecule has 2 N–H and O–H groups in total. The summed E-state index contributed by atoms with van der Waals surface area (Å²) in [6, 6.07) is 4.39. The Morgan fingerprint density at radius 2 is 2.35 bits per heavy atom. The third-order valence-corrected chi connectivity index (χ3v) is 4.59. The highest BCUT2D eigenvalue weighted by Gasteiger charge is 2.31. The van der Waals surface area contributed by atoms with Crippen molar-refractivity contribution in [2.24, 2.45) is 0 Å². The number of anilines is 2. The summed E-state index contributed by atoms with van der Waals surface area (Å²) in [5, 5.41) is 6.78. The molecule has 1 aromatic carbocycles. The average Bonchev–Trinajstić information content (AvgIpc) is 2.83. The quantitative estimate of drug-likeness (QED) is 0.893. The number of hydrogen-bond acceptors (Lipinski definition) is 4. The Balaban J connectivity index is 2.12. The summed E-state index contributed by atoms with van der Waals surface area (Å²) >= 11 is 7.35. The summed E-state index contributed by atoms with van der Waals surface area (Å²) in [4.78, 5) is 16.9. The van der Waals surface area contributed by atoms with Crippen molar-refractivity contribution in [1.82, 2.24) is 4.98 Å². The van der Waals surface area contributed by atoms with E-state index >= 15 is 0 Å². The minimum absolute atomic E-state index is 0.171. The Bertz CT molecular complexity index is 688. The first kappa shape index (κ1) is 13.3. The predicted molar refractivity (Wildman–Crippen MR) is 78.2 cm³/mol. The van der Waals surface area contributed by atoms with Gasteiger partial charge in [0.1, 0.15) is 11.6 Å². The van der Waals surface area contributed by atoms with Gasteiger partial charge < -0.3 is 10.6 Å². The third-order valence-electron chi connectivity index (χ3n) is 3.16. The SMILES string of the molecule is CNc1nc2c(s1)C(c1cc(Cl)ccc1F)CC(=O)N2. The standard InChI is InChI=1S/C13H11ClFN3OS/c1-16-13-18-12-11(20-13)8(5-10(19)17-12)7-4-6(14)2-3-9(7)15/h2-4,8H,5H2,1H3,(H,16,18)(H,17,19). The van der Waals surface area contributed by atoms with Crippen molar-refractivity contribution in [3.8, 4) is 0 Å². The fraction of sp³-hybridized carbons (Fsp3) is 0.231. The van der Waals surface area contributed by atoms with Gasteiger partial charge in [-0.15, -0.1) is 0 Å². The fourth-order valence-corrected chi connectivity index (χ4v) is 3.43. The molecule has 1 amide bonds. The lowest BCUT2D eigenvalue weighted by Gasteiger charge is -2.22. The van der Waals surface area contributed by atoms with E-state index in [1.54, 1.807) is 13.1 Å². The molecule has 2 aromatic rings. The molecule has 1 unspecified atom stereocenters. The van der Waals surface area contributed by atoms with Crippen LogP contribution in [0.1, 0.15) is 22.8 Å². The van der Waals surface area contributed by atoms with Crippen LogP contribution in [-0.4, -0.2) is 17.9 Å². The summed E-state index contributed by atoms with van der Waals surface area (Å²) in [6.45, 7) is 0. The van der Waals surface area contributed by atoms with Crippen molar-refractivity contribution >= 4 is 39.8 Å². The van der Waals surface area contributed by atoms with E-state index in [9.17, 15) is 9.18 Å². The van der Waals surface area contributed by atoms with Crippen LogP contribution in [0.15, 0.2) is 18.2 Å². The third kappa shape index (κ3) is 2.25.